The minimum Gasteiger partial charge on any atom is -0.465 e. The van der Waals surface area contributed by atoms with Crippen LogP contribution in [0.4, 0.5) is 10.8 Å². The zero-order valence-electron chi connectivity index (χ0n) is 18.7. The molecule has 2 aromatic carbocycles. The van der Waals surface area contributed by atoms with E-state index in [-0.39, 0.29) is 11.9 Å². The molecule has 8 heteroatoms. The van der Waals surface area contributed by atoms with Crippen LogP contribution >= 0.6 is 11.3 Å². The Labute approximate surface area is 205 Å². The van der Waals surface area contributed by atoms with Crippen molar-refractivity contribution in [2.75, 3.05) is 17.2 Å². The maximum absolute atomic E-state index is 12.5. The van der Waals surface area contributed by atoms with Crippen molar-refractivity contribution in [1.82, 2.24) is 9.97 Å². The Morgan fingerprint density at radius 3 is 2.97 bits per heavy atom. The van der Waals surface area contributed by atoms with Gasteiger partial charge >= 0.3 is 0 Å². The van der Waals surface area contributed by atoms with E-state index in [0.717, 1.165) is 38.8 Å². The minimum atomic E-state index is -0.135. The summed E-state index contributed by atoms with van der Waals surface area (Å²) in [7, 11) is 0. The van der Waals surface area contributed by atoms with Gasteiger partial charge in [0, 0.05) is 47.1 Å². The Balaban J connectivity index is 1.15. The largest absolute Gasteiger partial charge is 0.465 e. The fourth-order valence-electron chi connectivity index (χ4n) is 4.36. The highest BCUT2D eigenvalue weighted by Gasteiger charge is 2.25. The molecule has 5 aromatic rings. The number of hydrogen-bond donors (Lipinski definition) is 4. The van der Waals surface area contributed by atoms with Crippen molar-refractivity contribution in [3.8, 4) is 10.4 Å². The van der Waals surface area contributed by atoms with Crippen molar-refractivity contribution >= 4 is 50.6 Å². The molecule has 174 valence electrons. The fourth-order valence-corrected chi connectivity index (χ4v) is 5.18. The van der Waals surface area contributed by atoms with Crippen LogP contribution in [0.1, 0.15) is 16.9 Å². The van der Waals surface area contributed by atoms with Gasteiger partial charge in [-0.3, -0.25) is 4.79 Å². The molecule has 1 aliphatic heterocycles. The van der Waals surface area contributed by atoms with Crippen molar-refractivity contribution in [3.63, 3.8) is 0 Å². The lowest BCUT2D eigenvalue weighted by Gasteiger charge is -2.11. The van der Waals surface area contributed by atoms with E-state index in [4.69, 9.17) is 10.2 Å². The summed E-state index contributed by atoms with van der Waals surface area (Å²) in [4.78, 5) is 21.3. The molecule has 0 spiro atoms. The number of amides is 1. The average molecular weight is 482 g/mol. The molecular weight excluding hydrogens is 458 g/mol. The number of rotatable bonds is 7. The zero-order chi connectivity index (χ0) is 23.8. The summed E-state index contributed by atoms with van der Waals surface area (Å²) in [5, 5.41) is 8.32. The SMILES string of the molecule is N[C@H](CNc1ncc(-c2ccc3c(c2)/C(=C/c2ccco2)C(=O)N3)s1)Cc1c[nH]c2ccccc12. The molecule has 0 saturated heterocycles. The van der Waals surface area contributed by atoms with Crippen molar-refractivity contribution in [3.05, 3.63) is 90.1 Å². The van der Waals surface area contributed by atoms with Gasteiger partial charge < -0.3 is 25.8 Å². The Morgan fingerprint density at radius 2 is 2.09 bits per heavy atom. The molecule has 6 rings (SSSR count). The number of aromatic nitrogens is 2. The third-order valence-corrected chi connectivity index (χ3v) is 7.10. The van der Waals surface area contributed by atoms with E-state index in [1.54, 1.807) is 29.7 Å². The van der Waals surface area contributed by atoms with Gasteiger partial charge in [0.25, 0.3) is 5.91 Å². The summed E-state index contributed by atoms with van der Waals surface area (Å²) in [6.45, 7) is 0.616. The fraction of sp³-hybridized carbons (Fsp3) is 0.111. The monoisotopic (exact) mass is 481 g/mol. The van der Waals surface area contributed by atoms with Crippen LogP contribution in [-0.4, -0.2) is 28.5 Å². The summed E-state index contributed by atoms with van der Waals surface area (Å²) >= 11 is 1.56. The maximum Gasteiger partial charge on any atom is 0.256 e. The summed E-state index contributed by atoms with van der Waals surface area (Å²) < 4.78 is 5.39. The van der Waals surface area contributed by atoms with Crippen LogP contribution in [0, 0.1) is 0 Å². The smallest absolute Gasteiger partial charge is 0.256 e. The van der Waals surface area contributed by atoms with Crippen LogP contribution in [0.3, 0.4) is 0 Å². The van der Waals surface area contributed by atoms with E-state index >= 15 is 0 Å². The number of anilines is 2. The first-order chi connectivity index (χ1) is 17.1. The van der Waals surface area contributed by atoms with Crippen molar-refractivity contribution in [2.24, 2.45) is 5.73 Å². The highest BCUT2D eigenvalue weighted by molar-refractivity contribution is 7.18. The summed E-state index contributed by atoms with van der Waals surface area (Å²) in [5.74, 6) is 0.506. The highest BCUT2D eigenvalue weighted by Crippen LogP contribution is 2.38. The normalized spacial score (nSPS) is 14.9. The molecule has 35 heavy (non-hydrogen) atoms. The van der Waals surface area contributed by atoms with Gasteiger partial charge in [-0.25, -0.2) is 4.98 Å². The second kappa shape index (κ2) is 8.90. The van der Waals surface area contributed by atoms with Crippen molar-refractivity contribution in [2.45, 2.75) is 12.5 Å². The average Bonchev–Trinajstić information content (AvgIpc) is 3.66. The third kappa shape index (κ3) is 4.25. The van der Waals surface area contributed by atoms with E-state index in [0.29, 0.717) is 17.9 Å². The standard InChI is InChI=1S/C27H23N5O2S/c28-18(10-17-13-29-23-6-2-1-5-20(17)23)14-30-27-31-15-25(35-27)16-7-8-24-21(11-16)22(26(33)32-24)12-19-4-3-9-34-19/h1-9,11-13,15,18,29H,10,14,28H2,(H,30,31)(H,32,33)/b22-12-/t18-/m0/s1. The molecular formula is C27H23N5O2S. The molecule has 0 radical (unpaired) electrons. The molecule has 0 aliphatic carbocycles. The number of H-pyrrole nitrogens is 1. The molecule has 0 fully saturated rings. The lowest BCUT2D eigenvalue weighted by molar-refractivity contribution is -0.110. The first-order valence-corrected chi connectivity index (χ1v) is 12.2. The number of carbonyl (C=O) groups excluding carboxylic acids is 1. The molecule has 0 unspecified atom stereocenters. The first kappa shape index (κ1) is 21.4. The summed E-state index contributed by atoms with van der Waals surface area (Å²) in [5.41, 5.74) is 12.0. The number of aromatic amines is 1. The second-order valence-electron chi connectivity index (χ2n) is 8.52. The Morgan fingerprint density at radius 1 is 1.17 bits per heavy atom. The number of carbonyl (C=O) groups is 1. The summed E-state index contributed by atoms with van der Waals surface area (Å²) in [6.07, 6.45) is 8.01. The van der Waals surface area contributed by atoms with Gasteiger partial charge in [0.05, 0.1) is 16.7 Å². The number of nitrogens with two attached hydrogens (primary N) is 1. The van der Waals surface area contributed by atoms with E-state index in [1.807, 2.05) is 48.8 Å². The molecule has 1 amide bonds. The minimum absolute atomic E-state index is 0.0482. The number of para-hydroxylation sites is 1. The molecule has 7 nitrogen and oxygen atoms in total. The lowest BCUT2D eigenvalue weighted by Crippen LogP contribution is -2.31. The molecule has 3 aromatic heterocycles. The predicted octanol–water partition coefficient (Wildman–Crippen LogP) is 5.36. The van der Waals surface area contributed by atoms with Gasteiger partial charge in [0.1, 0.15) is 5.76 Å². The Bertz CT molecular complexity index is 1550. The summed E-state index contributed by atoms with van der Waals surface area (Å²) in [6, 6.07) is 17.8. The Kier molecular flexibility index (Phi) is 5.44. The molecule has 4 heterocycles. The second-order valence-corrected chi connectivity index (χ2v) is 9.55. The number of benzene rings is 2. The van der Waals surface area contributed by atoms with Crippen LogP contribution in [0.15, 0.2) is 77.7 Å². The number of fused-ring (bicyclic) bond motifs is 2. The van der Waals surface area contributed by atoms with Gasteiger partial charge in [-0.2, -0.15) is 0 Å². The van der Waals surface area contributed by atoms with Crippen LogP contribution in [0.2, 0.25) is 0 Å². The maximum atomic E-state index is 12.5. The molecule has 0 saturated carbocycles. The third-order valence-electron chi connectivity index (χ3n) is 6.10. The number of furan rings is 1. The number of nitrogens with one attached hydrogen (secondary N) is 3. The molecule has 1 atom stereocenters. The van der Waals surface area contributed by atoms with Crippen LogP contribution in [-0.2, 0) is 11.2 Å². The zero-order valence-corrected chi connectivity index (χ0v) is 19.6. The topological polar surface area (TPSA) is 109 Å². The van der Waals surface area contributed by atoms with E-state index in [9.17, 15) is 4.79 Å². The van der Waals surface area contributed by atoms with Gasteiger partial charge in [-0.1, -0.05) is 35.6 Å². The number of thiazole rings is 1. The van der Waals surface area contributed by atoms with Gasteiger partial charge in [-0.15, -0.1) is 0 Å². The van der Waals surface area contributed by atoms with E-state index in [1.165, 1.54) is 10.9 Å². The number of nitrogens with zero attached hydrogens (tertiary/aromatic N) is 1. The van der Waals surface area contributed by atoms with Gasteiger partial charge in [-0.05, 0) is 54.0 Å². The van der Waals surface area contributed by atoms with Crippen molar-refractivity contribution < 1.29 is 9.21 Å². The van der Waals surface area contributed by atoms with Crippen LogP contribution in [0.25, 0.3) is 33.0 Å². The predicted molar refractivity (Wildman–Crippen MR) is 141 cm³/mol. The first-order valence-electron chi connectivity index (χ1n) is 11.4. The van der Waals surface area contributed by atoms with Gasteiger partial charge in [0.2, 0.25) is 0 Å². The van der Waals surface area contributed by atoms with E-state index in [2.05, 4.69) is 32.7 Å². The Hall–Kier alpha value is -4.14. The molecule has 0 bridgehead atoms. The molecule has 5 N–H and O–H groups in total. The van der Waals surface area contributed by atoms with Crippen LogP contribution < -0.4 is 16.4 Å². The molecule has 1 aliphatic rings. The quantitative estimate of drug-likeness (QED) is 0.234. The highest BCUT2D eigenvalue weighted by atomic mass is 32.1. The lowest BCUT2D eigenvalue weighted by atomic mass is 10.0. The number of hydrogen-bond acceptors (Lipinski definition) is 6. The van der Waals surface area contributed by atoms with Crippen LogP contribution in [0.5, 0.6) is 0 Å². The van der Waals surface area contributed by atoms with Crippen molar-refractivity contribution in [1.29, 1.82) is 0 Å². The van der Waals surface area contributed by atoms with Gasteiger partial charge in [0.15, 0.2) is 5.13 Å². The van der Waals surface area contributed by atoms with E-state index < -0.39 is 0 Å².